The van der Waals surface area contributed by atoms with E-state index >= 15 is 0 Å². The first-order chi connectivity index (χ1) is 17.2. The summed E-state index contributed by atoms with van der Waals surface area (Å²) in [5.41, 5.74) is 6.00. The van der Waals surface area contributed by atoms with Crippen molar-refractivity contribution < 1.29 is 24.1 Å². The summed E-state index contributed by atoms with van der Waals surface area (Å²) in [6, 6.07) is 5.82. The van der Waals surface area contributed by atoms with Crippen LogP contribution in [0.1, 0.15) is 53.1 Å². The zero-order valence-corrected chi connectivity index (χ0v) is 21.6. The molecule has 0 radical (unpaired) electrons. The zero-order valence-electron chi connectivity index (χ0n) is 21.6. The maximum absolute atomic E-state index is 11.1. The summed E-state index contributed by atoms with van der Waals surface area (Å²) >= 11 is 0. The van der Waals surface area contributed by atoms with Gasteiger partial charge in [0.05, 0.1) is 20.0 Å². The van der Waals surface area contributed by atoms with E-state index in [0.717, 1.165) is 58.2 Å². The molecule has 7 nitrogen and oxygen atoms in total. The Balaban J connectivity index is 1.50. The second-order valence-electron chi connectivity index (χ2n) is 9.65. The van der Waals surface area contributed by atoms with Crippen molar-refractivity contribution in [1.29, 1.82) is 0 Å². The molecular weight excluding hydrogens is 456 g/mol. The lowest BCUT2D eigenvalue weighted by molar-refractivity contribution is -0.131. The molecule has 0 aliphatic carbocycles. The lowest BCUT2D eigenvalue weighted by atomic mass is 9.86. The van der Waals surface area contributed by atoms with E-state index < -0.39 is 5.97 Å². The van der Waals surface area contributed by atoms with E-state index in [1.54, 1.807) is 25.7 Å². The fourth-order valence-corrected chi connectivity index (χ4v) is 4.83. The molecule has 190 valence electrons. The van der Waals surface area contributed by atoms with Gasteiger partial charge in [0.15, 0.2) is 0 Å². The van der Waals surface area contributed by atoms with Crippen LogP contribution in [0.5, 0.6) is 17.2 Å². The highest BCUT2D eigenvalue weighted by Crippen LogP contribution is 2.44. The summed E-state index contributed by atoms with van der Waals surface area (Å²) in [5, 5.41) is 9.08. The lowest BCUT2D eigenvalue weighted by Crippen LogP contribution is -2.38. The Bertz CT molecular complexity index is 1280. The molecule has 0 spiro atoms. The summed E-state index contributed by atoms with van der Waals surface area (Å²) in [5.74, 6) is 1.56. The first kappa shape index (κ1) is 25.4. The van der Waals surface area contributed by atoms with Gasteiger partial charge in [-0.25, -0.2) is 9.78 Å². The Morgan fingerprint density at radius 1 is 1.25 bits per heavy atom. The molecule has 1 aromatic heterocycles. The number of aliphatic carboxylic acids is 1. The predicted molar refractivity (Wildman–Crippen MR) is 139 cm³/mol. The third-order valence-corrected chi connectivity index (χ3v) is 7.06. The standard InChI is InChI=1S/C29H34N2O5/c1-19-20(2)28-24(21(3)27(19)34-5)10-11-29(4,36-28)12-15-35-25-16-22(17-31-14-13-30-18-31)6-7-23(25)8-9-26(32)33/h6-9,13-14,16,18H,10-12,15,17H2,1-5H3,(H,32,33). The van der Waals surface area contributed by atoms with Crippen LogP contribution in [0.3, 0.4) is 0 Å². The lowest BCUT2D eigenvalue weighted by Gasteiger charge is -2.38. The maximum Gasteiger partial charge on any atom is 0.328 e. The normalized spacial score (nSPS) is 17.0. The molecule has 0 saturated carbocycles. The molecule has 1 atom stereocenters. The van der Waals surface area contributed by atoms with Gasteiger partial charge in [-0.2, -0.15) is 0 Å². The van der Waals surface area contributed by atoms with Crippen molar-refractivity contribution in [2.75, 3.05) is 13.7 Å². The van der Waals surface area contributed by atoms with Gasteiger partial charge >= 0.3 is 5.97 Å². The van der Waals surface area contributed by atoms with Crippen LogP contribution in [0, 0.1) is 20.8 Å². The van der Waals surface area contributed by atoms with E-state index in [4.69, 9.17) is 19.3 Å². The molecule has 7 heteroatoms. The molecule has 1 aliphatic rings. The number of nitrogens with zero attached hydrogens (tertiary/aromatic N) is 2. The number of hydrogen-bond donors (Lipinski definition) is 1. The minimum atomic E-state index is -0.997. The molecule has 0 saturated heterocycles. The van der Waals surface area contributed by atoms with Gasteiger partial charge in [-0.1, -0.05) is 12.1 Å². The van der Waals surface area contributed by atoms with Gasteiger partial charge in [-0.3, -0.25) is 0 Å². The van der Waals surface area contributed by atoms with Crippen molar-refractivity contribution in [2.45, 2.75) is 59.1 Å². The molecule has 0 bridgehead atoms. The monoisotopic (exact) mass is 490 g/mol. The van der Waals surface area contributed by atoms with Gasteiger partial charge in [0, 0.05) is 42.6 Å². The van der Waals surface area contributed by atoms with E-state index in [0.29, 0.717) is 25.3 Å². The second-order valence-corrected chi connectivity index (χ2v) is 9.65. The fraction of sp³-hybridized carbons (Fsp3) is 0.379. The third kappa shape index (κ3) is 5.40. The Morgan fingerprint density at radius 3 is 2.75 bits per heavy atom. The Kier molecular flexibility index (Phi) is 7.38. The number of methoxy groups -OCH3 is 1. The molecular formula is C29H34N2O5. The highest BCUT2D eigenvalue weighted by atomic mass is 16.5. The number of ether oxygens (including phenoxy) is 3. The first-order valence-corrected chi connectivity index (χ1v) is 12.2. The van der Waals surface area contributed by atoms with Crippen molar-refractivity contribution in [3.63, 3.8) is 0 Å². The van der Waals surface area contributed by atoms with Crippen molar-refractivity contribution in [1.82, 2.24) is 9.55 Å². The maximum atomic E-state index is 11.1. The molecule has 0 amide bonds. The summed E-state index contributed by atoms with van der Waals surface area (Å²) in [6.07, 6.45) is 10.6. The average molecular weight is 491 g/mol. The molecule has 1 N–H and O–H groups in total. The minimum absolute atomic E-state index is 0.364. The molecule has 4 rings (SSSR count). The van der Waals surface area contributed by atoms with Gasteiger partial charge in [-0.05, 0) is 74.9 Å². The molecule has 2 heterocycles. The quantitative estimate of drug-likeness (QED) is 0.398. The molecule has 0 fully saturated rings. The summed E-state index contributed by atoms with van der Waals surface area (Å²) in [7, 11) is 1.72. The predicted octanol–water partition coefficient (Wildman–Crippen LogP) is 5.52. The Morgan fingerprint density at radius 2 is 2.06 bits per heavy atom. The van der Waals surface area contributed by atoms with E-state index in [1.807, 2.05) is 29.0 Å². The van der Waals surface area contributed by atoms with Gasteiger partial charge in [0.1, 0.15) is 22.8 Å². The molecule has 1 unspecified atom stereocenters. The van der Waals surface area contributed by atoms with Crippen molar-refractivity contribution in [3.05, 3.63) is 76.4 Å². The number of carboxylic acid groups (broad SMARTS) is 1. The molecule has 36 heavy (non-hydrogen) atoms. The van der Waals surface area contributed by atoms with Crippen LogP contribution < -0.4 is 14.2 Å². The van der Waals surface area contributed by atoms with Crippen molar-refractivity contribution >= 4 is 12.0 Å². The summed E-state index contributed by atoms with van der Waals surface area (Å²) in [6.45, 7) is 9.49. The average Bonchev–Trinajstić information content (AvgIpc) is 3.35. The SMILES string of the molecule is COc1c(C)c(C)c2c(c1C)CCC(C)(CCOc1cc(Cn3ccnc3)ccc1C=CC(=O)O)O2. The van der Waals surface area contributed by atoms with E-state index in [9.17, 15) is 4.79 Å². The highest BCUT2D eigenvalue weighted by molar-refractivity contribution is 5.85. The second kappa shape index (κ2) is 10.5. The van der Waals surface area contributed by atoms with Crippen LogP contribution >= 0.6 is 0 Å². The Hall–Kier alpha value is -3.74. The van der Waals surface area contributed by atoms with E-state index in [2.05, 4.69) is 32.7 Å². The van der Waals surface area contributed by atoms with Gasteiger partial charge in [0.2, 0.25) is 0 Å². The fourth-order valence-electron chi connectivity index (χ4n) is 4.83. The number of rotatable bonds is 9. The third-order valence-electron chi connectivity index (χ3n) is 7.06. The summed E-state index contributed by atoms with van der Waals surface area (Å²) in [4.78, 5) is 15.2. The highest BCUT2D eigenvalue weighted by Gasteiger charge is 2.34. The van der Waals surface area contributed by atoms with Crippen LogP contribution in [-0.2, 0) is 17.8 Å². The summed E-state index contributed by atoms with van der Waals surface area (Å²) < 4.78 is 20.5. The number of fused-ring (bicyclic) bond motifs is 1. The van der Waals surface area contributed by atoms with Gasteiger partial charge in [0.25, 0.3) is 0 Å². The number of benzene rings is 2. The van der Waals surface area contributed by atoms with Crippen LogP contribution in [0.2, 0.25) is 0 Å². The Labute approximate surface area is 212 Å². The van der Waals surface area contributed by atoms with Crippen LogP contribution in [0.4, 0.5) is 0 Å². The number of carbonyl (C=O) groups is 1. The molecule has 2 aromatic carbocycles. The van der Waals surface area contributed by atoms with Crippen molar-refractivity contribution in [3.8, 4) is 17.2 Å². The van der Waals surface area contributed by atoms with E-state index in [1.165, 1.54) is 5.56 Å². The molecule has 3 aromatic rings. The number of hydrogen-bond acceptors (Lipinski definition) is 5. The van der Waals surface area contributed by atoms with E-state index in [-0.39, 0.29) is 5.60 Å². The number of carboxylic acids is 1. The molecule has 1 aliphatic heterocycles. The number of imidazole rings is 1. The zero-order chi connectivity index (χ0) is 25.9. The van der Waals surface area contributed by atoms with Crippen LogP contribution in [-0.4, -0.2) is 39.9 Å². The minimum Gasteiger partial charge on any atom is -0.496 e. The largest absolute Gasteiger partial charge is 0.496 e. The van der Waals surface area contributed by atoms with Gasteiger partial charge in [-0.15, -0.1) is 0 Å². The van der Waals surface area contributed by atoms with Crippen LogP contribution in [0.25, 0.3) is 6.08 Å². The topological polar surface area (TPSA) is 82.8 Å². The van der Waals surface area contributed by atoms with Gasteiger partial charge < -0.3 is 23.9 Å². The van der Waals surface area contributed by atoms with Crippen molar-refractivity contribution in [2.24, 2.45) is 0 Å². The number of aromatic nitrogens is 2. The van der Waals surface area contributed by atoms with Crippen LogP contribution in [0.15, 0.2) is 43.0 Å². The first-order valence-electron chi connectivity index (χ1n) is 12.2. The smallest absolute Gasteiger partial charge is 0.328 e.